The number of anilines is 1. The monoisotopic (exact) mass is 357 g/mol. The lowest BCUT2D eigenvalue weighted by Gasteiger charge is -2.25. The number of nitrogens with zero attached hydrogens (tertiary/aromatic N) is 2. The van der Waals surface area contributed by atoms with Gasteiger partial charge in [0.1, 0.15) is 0 Å². The molecule has 142 valence electrons. The number of hydrogen-bond acceptors (Lipinski definition) is 4. The highest BCUT2D eigenvalue weighted by molar-refractivity contribution is 5.67. The normalized spacial score (nSPS) is 16.0. The second-order valence-corrected chi connectivity index (χ2v) is 8.06. The SMILES string of the molecule is C=C(Nc1cc2cc(CCC(C)(C)O)nn2cc1OC)C1CCCCC1. The number of hydrogen-bond donors (Lipinski definition) is 2. The number of rotatable bonds is 7. The van der Waals surface area contributed by atoms with Crippen LogP contribution >= 0.6 is 0 Å². The van der Waals surface area contributed by atoms with Crippen LogP contribution in [0.4, 0.5) is 5.69 Å². The van der Waals surface area contributed by atoms with Crippen molar-refractivity contribution in [1.82, 2.24) is 9.61 Å². The maximum absolute atomic E-state index is 9.93. The molecule has 0 atom stereocenters. The van der Waals surface area contributed by atoms with Gasteiger partial charge in [0.05, 0.1) is 35.8 Å². The molecule has 0 radical (unpaired) electrons. The Kier molecular flexibility index (Phi) is 5.56. The summed E-state index contributed by atoms with van der Waals surface area (Å²) in [5, 5.41) is 18.0. The highest BCUT2D eigenvalue weighted by Gasteiger charge is 2.18. The number of pyridine rings is 1. The molecule has 3 rings (SSSR count). The predicted octanol–water partition coefficient (Wildman–Crippen LogP) is 4.55. The molecule has 26 heavy (non-hydrogen) atoms. The first kappa shape index (κ1) is 18.8. The van der Waals surface area contributed by atoms with Crippen LogP contribution in [0.25, 0.3) is 5.52 Å². The maximum atomic E-state index is 9.93. The van der Waals surface area contributed by atoms with Gasteiger partial charge < -0.3 is 15.2 Å². The molecule has 2 N–H and O–H groups in total. The molecule has 1 fully saturated rings. The molecule has 1 saturated carbocycles. The standard InChI is InChI=1S/C21H31N3O2/c1-15(16-8-6-5-7-9-16)22-19-13-18-12-17(10-11-21(2,3)25)23-24(18)14-20(19)26-4/h12-14,16,22,25H,1,5-11H2,2-4H3. The summed E-state index contributed by atoms with van der Waals surface area (Å²) in [6.45, 7) is 7.92. The van der Waals surface area contributed by atoms with Crippen LogP contribution in [0.3, 0.4) is 0 Å². The molecular weight excluding hydrogens is 326 g/mol. The fourth-order valence-electron chi connectivity index (χ4n) is 3.62. The average Bonchev–Trinajstić information content (AvgIpc) is 3.01. The number of fused-ring (bicyclic) bond motifs is 1. The molecule has 0 unspecified atom stereocenters. The molecule has 1 aliphatic carbocycles. The fraction of sp³-hybridized carbons (Fsp3) is 0.571. The first-order valence-corrected chi connectivity index (χ1v) is 9.60. The number of aliphatic hydroxyl groups is 1. The lowest BCUT2D eigenvalue weighted by atomic mass is 9.87. The summed E-state index contributed by atoms with van der Waals surface area (Å²) in [6.07, 6.45) is 9.65. The molecule has 5 nitrogen and oxygen atoms in total. The van der Waals surface area contributed by atoms with Crippen LogP contribution in [0.15, 0.2) is 30.6 Å². The number of aryl methyl sites for hydroxylation is 1. The lowest BCUT2D eigenvalue weighted by Crippen LogP contribution is -2.19. The van der Waals surface area contributed by atoms with Gasteiger partial charge in [0.2, 0.25) is 0 Å². The van der Waals surface area contributed by atoms with Crippen molar-refractivity contribution >= 4 is 11.2 Å². The van der Waals surface area contributed by atoms with Gasteiger partial charge in [-0.3, -0.25) is 0 Å². The van der Waals surface area contributed by atoms with Crippen LogP contribution in [-0.4, -0.2) is 27.4 Å². The second kappa shape index (κ2) is 7.70. The number of ether oxygens (including phenoxy) is 1. The molecular formula is C21H31N3O2. The van der Waals surface area contributed by atoms with Crippen molar-refractivity contribution in [3.8, 4) is 5.75 Å². The number of nitrogens with one attached hydrogen (secondary N) is 1. The van der Waals surface area contributed by atoms with Crippen molar-refractivity contribution in [2.45, 2.75) is 64.4 Å². The van der Waals surface area contributed by atoms with E-state index < -0.39 is 5.60 Å². The smallest absolute Gasteiger partial charge is 0.160 e. The van der Waals surface area contributed by atoms with Gasteiger partial charge in [0.25, 0.3) is 0 Å². The van der Waals surface area contributed by atoms with E-state index in [0.717, 1.165) is 34.8 Å². The number of methoxy groups -OCH3 is 1. The van der Waals surface area contributed by atoms with Crippen LogP contribution < -0.4 is 10.1 Å². The van der Waals surface area contributed by atoms with Gasteiger partial charge in [-0.15, -0.1) is 0 Å². The van der Waals surface area contributed by atoms with Gasteiger partial charge in [-0.05, 0) is 57.6 Å². The lowest BCUT2D eigenvalue weighted by molar-refractivity contribution is 0.0711. The zero-order chi connectivity index (χ0) is 18.7. The summed E-state index contributed by atoms with van der Waals surface area (Å²) in [7, 11) is 1.68. The minimum absolute atomic E-state index is 0.539. The molecule has 0 bridgehead atoms. The Balaban J connectivity index is 1.79. The first-order chi connectivity index (χ1) is 12.4. The second-order valence-electron chi connectivity index (χ2n) is 8.06. The van der Waals surface area contributed by atoms with E-state index in [1.807, 2.05) is 24.6 Å². The van der Waals surface area contributed by atoms with E-state index in [0.29, 0.717) is 12.3 Å². The van der Waals surface area contributed by atoms with Crippen molar-refractivity contribution < 1.29 is 9.84 Å². The van der Waals surface area contributed by atoms with E-state index in [2.05, 4.69) is 29.1 Å². The number of allylic oxidation sites excluding steroid dienone is 1. The van der Waals surface area contributed by atoms with Gasteiger partial charge in [-0.25, -0.2) is 4.52 Å². The Morgan fingerprint density at radius 1 is 1.35 bits per heavy atom. The molecule has 5 heteroatoms. The highest BCUT2D eigenvalue weighted by Crippen LogP contribution is 2.33. The van der Waals surface area contributed by atoms with Crippen molar-refractivity contribution in [3.05, 3.63) is 36.3 Å². The minimum Gasteiger partial charge on any atom is -0.493 e. The Morgan fingerprint density at radius 2 is 2.08 bits per heavy atom. The molecule has 0 saturated heterocycles. The van der Waals surface area contributed by atoms with Crippen molar-refractivity contribution in [2.75, 3.05) is 12.4 Å². The minimum atomic E-state index is -0.683. The van der Waals surface area contributed by atoms with Crippen LogP contribution in [-0.2, 0) is 6.42 Å². The summed E-state index contributed by atoms with van der Waals surface area (Å²) in [6, 6.07) is 4.13. The molecule has 1 aliphatic rings. The molecule has 2 heterocycles. The Morgan fingerprint density at radius 3 is 2.73 bits per heavy atom. The maximum Gasteiger partial charge on any atom is 0.160 e. The summed E-state index contributed by atoms with van der Waals surface area (Å²) in [4.78, 5) is 0. The third kappa shape index (κ3) is 4.58. The molecule has 2 aromatic rings. The van der Waals surface area contributed by atoms with Crippen molar-refractivity contribution in [2.24, 2.45) is 5.92 Å². The van der Waals surface area contributed by atoms with Gasteiger partial charge in [-0.1, -0.05) is 25.8 Å². The predicted molar refractivity (Wildman–Crippen MR) is 106 cm³/mol. The Bertz CT molecular complexity index is 767. The largest absolute Gasteiger partial charge is 0.493 e. The van der Waals surface area contributed by atoms with Crippen LogP contribution in [0.5, 0.6) is 5.75 Å². The first-order valence-electron chi connectivity index (χ1n) is 9.60. The van der Waals surface area contributed by atoms with E-state index in [1.165, 1.54) is 32.1 Å². The molecule has 0 aliphatic heterocycles. The summed E-state index contributed by atoms with van der Waals surface area (Å²) in [5.74, 6) is 1.29. The average molecular weight is 357 g/mol. The Hall–Kier alpha value is -2.01. The number of aromatic nitrogens is 2. The molecule has 2 aromatic heterocycles. The highest BCUT2D eigenvalue weighted by atomic mass is 16.5. The third-order valence-corrected chi connectivity index (χ3v) is 5.22. The zero-order valence-electron chi connectivity index (χ0n) is 16.2. The van der Waals surface area contributed by atoms with E-state index in [4.69, 9.17) is 4.74 Å². The summed E-state index contributed by atoms with van der Waals surface area (Å²) < 4.78 is 7.40. The quantitative estimate of drug-likeness (QED) is 0.763. The summed E-state index contributed by atoms with van der Waals surface area (Å²) >= 11 is 0. The van der Waals surface area contributed by atoms with Gasteiger partial charge in [0.15, 0.2) is 5.75 Å². The van der Waals surface area contributed by atoms with E-state index in [1.54, 1.807) is 7.11 Å². The summed E-state index contributed by atoms with van der Waals surface area (Å²) in [5.41, 5.74) is 3.31. The van der Waals surface area contributed by atoms with E-state index in [-0.39, 0.29) is 0 Å². The Labute approximate surface area is 156 Å². The van der Waals surface area contributed by atoms with Gasteiger partial charge in [-0.2, -0.15) is 5.10 Å². The third-order valence-electron chi connectivity index (χ3n) is 5.22. The van der Waals surface area contributed by atoms with Gasteiger partial charge >= 0.3 is 0 Å². The topological polar surface area (TPSA) is 58.8 Å². The molecule has 0 aromatic carbocycles. The molecule has 0 spiro atoms. The molecule has 0 amide bonds. The zero-order valence-corrected chi connectivity index (χ0v) is 16.2. The van der Waals surface area contributed by atoms with E-state index >= 15 is 0 Å². The van der Waals surface area contributed by atoms with Gasteiger partial charge in [0, 0.05) is 5.70 Å². The van der Waals surface area contributed by atoms with Crippen molar-refractivity contribution in [3.63, 3.8) is 0 Å². The fourth-order valence-corrected chi connectivity index (χ4v) is 3.62. The van der Waals surface area contributed by atoms with Crippen LogP contribution in [0, 0.1) is 5.92 Å². The van der Waals surface area contributed by atoms with Crippen LogP contribution in [0.2, 0.25) is 0 Å². The van der Waals surface area contributed by atoms with E-state index in [9.17, 15) is 5.11 Å². The van der Waals surface area contributed by atoms with Crippen molar-refractivity contribution in [1.29, 1.82) is 0 Å². The van der Waals surface area contributed by atoms with Crippen LogP contribution in [0.1, 0.15) is 58.1 Å².